The maximum Gasteiger partial charge on any atom is 0.155 e. The third kappa shape index (κ3) is 0.603. The molecule has 0 bridgehead atoms. The fourth-order valence-electron chi connectivity index (χ4n) is 0.895. The van der Waals surface area contributed by atoms with Gasteiger partial charge >= 0.3 is 0 Å². The van der Waals surface area contributed by atoms with Crippen molar-refractivity contribution in [1.82, 2.24) is 14.4 Å². The van der Waals surface area contributed by atoms with Gasteiger partial charge in [-0.1, -0.05) is 0 Å². The third-order valence-corrected chi connectivity index (χ3v) is 1.39. The maximum atomic E-state index is 4.06. The van der Waals surface area contributed by atoms with Crippen LogP contribution in [0.25, 0.3) is 5.65 Å². The molecule has 2 aromatic rings. The SMILES string of the molecule is [CH2]c1cnc2cnccn12. The molecule has 2 rings (SSSR count). The maximum absolute atomic E-state index is 4.06. The van der Waals surface area contributed by atoms with E-state index in [4.69, 9.17) is 0 Å². The minimum atomic E-state index is 0.840. The quantitative estimate of drug-likeness (QED) is 0.533. The molecule has 0 unspecified atom stereocenters. The van der Waals surface area contributed by atoms with Gasteiger partial charge in [-0.05, 0) is 6.92 Å². The highest BCUT2D eigenvalue weighted by atomic mass is 15.0. The molecule has 0 fully saturated rings. The first-order chi connectivity index (χ1) is 4.88. The molecule has 0 spiro atoms. The van der Waals surface area contributed by atoms with Gasteiger partial charge in [-0.25, -0.2) is 4.98 Å². The van der Waals surface area contributed by atoms with Crippen LogP contribution in [-0.2, 0) is 0 Å². The summed E-state index contributed by atoms with van der Waals surface area (Å²) >= 11 is 0. The van der Waals surface area contributed by atoms with E-state index in [-0.39, 0.29) is 0 Å². The molecule has 2 heterocycles. The number of fused-ring (bicyclic) bond motifs is 1. The molecule has 3 nitrogen and oxygen atoms in total. The molecule has 0 amide bonds. The lowest BCUT2D eigenvalue weighted by molar-refractivity contribution is 1.10. The summed E-state index contributed by atoms with van der Waals surface area (Å²) in [6, 6.07) is 0. The fourth-order valence-corrected chi connectivity index (χ4v) is 0.895. The Bertz CT molecular complexity index is 350. The highest BCUT2D eigenvalue weighted by Crippen LogP contribution is 2.01. The second-order valence-electron chi connectivity index (χ2n) is 2.05. The number of hydrogen-bond donors (Lipinski definition) is 0. The van der Waals surface area contributed by atoms with Crippen molar-refractivity contribution in [2.45, 2.75) is 0 Å². The van der Waals surface area contributed by atoms with Crippen molar-refractivity contribution >= 4 is 5.65 Å². The minimum Gasteiger partial charge on any atom is -0.301 e. The molecular formula is C7H6N3. The summed E-state index contributed by atoms with van der Waals surface area (Å²) in [7, 11) is 0. The van der Waals surface area contributed by atoms with Gasteiger partial charge in [0.2, 0.25) is 0 Å². The summed E-state index contributed by atoms with van der Waals surface area (Å²) < 4.78 is 1.88. The fraction of sp³-hybridized carbons (Fsp3) is 0. The van der Waals surface area contributed by atoms with E-state index in [9.17, 15) is 0 Å². The van der Waals surface area contributed by atoms with Crippen LogP contribution in [0.5, 0.6) is 0 Å². The molecule has 1 radical (unpaired) electrons. The van der Waals surface area contributed by atoms with Crippen LogP contribution < -0.4 is 0 Å². The number of imidazole rings is 1. The van der Waals surface area contributed by atoms with Crippen molar-refractivity contribution in [3.05, 3.63) is 37.4 Å². The predicted molar refractivity (Wildman–Crippen MR) is 37.4 cm³/mol. The standard InChI is InChI=1S/C7H6N3/c1-6-4-9-7-5-8-2-3-10(6)7/h2-5H,1H2. The predicted octanol–water partition coefficient (Wildman–Crippen LogP) is 0.911. The van der Waals surface area contributed by atoms with Crippen molar-refractivity contribution in [3.8, 4) is 0 Å². The third-order valence-electron chi connectivity index (χ3n) is 1.39. The van der Waals surface area contributed by atoms with E-state index in [0.29, 0.717) is 0 Å². The van der Waals surface area contributed by atoms with Crippen molar-refractivity contribution in [1.29, 1.82) is 0 Å². The average molecular weight is 132 g/mol. The van der Waals surface area contributed by atoms with E-state index in [2.05, 4.69) is 16.9 Å². The Morgan fingerprint density at radius 2 is 2.30 bits per heavy atom. The van der Waals surface area contributed by atoms with Gasteiger partial charge in [0.1, 0.15) is 0 Å². The summed E-state index contributed by atoms with van der Waals surface area (Å²) in [5.74, 6) is 0. The molecule has 49 valence electrons. The van der Waals surface area contributed by atoms with Gasteiger partial charge < -0.3 is 4.40 Å². The summed E-state index contributed by atoms with van der Waals surface area (Å²) in [6.45, 7) is 3.78. The molecule has 0 N–H and O–H groups in total. The second kappa shape index (κ2) is 1.80. The number of nitrogens with zero attached hydrogens (tertiary/aromatic N) is 3. The molecule has 3 heteroatoms. The van der Waals surface area contributed by atoms with Gasteiger partial charge in [0.05, 0.1) is 6.20 Å². The topological polar surface area (TPSA) is 30.2 Å². The van der Waals surface area contributed by atoms with Gasteiger partial charge in [0.15, 0.2) is 5.65 Å². The summed E-state index contributed by atoms with van der Waals surface area (Å²) in [5.41, 5.74) is 1.73. The molecule has 0 saturated heterocycles. The molecule has 0 aliphatic carbocycles. The number of hydrogen-bond acceptors (Lipinski definition) is 2. The molecule has 0 aliphatic heterocycles. The lowest BCUT2D eigenvalue weighted by atomic mass is 10.5. The van der Waals surface area contributed by atoms with E-state index >= 15 is 0 Å². The van der Waals surface area contributed by atoms with Crippen LogP contribution in [0.15, 0.2) is 24.8 Å². The van der Waals surface area contributed by atoms with Crippen molar-refractivity contribution in [2.24, 2.45) is 0 Å². The van der Waals surface area contributed by atoms with Crippen LogP contribution in [0, 0.1) is 6.92 Å². The van der Waals surface area contributed by atoms with E-state index < -0.39 is 0 Å². The van der Waals surface area contributed by atoms with E-state index in [1.165, 1.54) is 0 Å². The molecule has 0 aliphatic rings. The molecular weight excluding hydrogens is 126 g/mol. The van der Waals surface area contributed by atoms with Gasteiger partial charge in [-0.15, -0.1) is 0 Å². The largest absolute Gasteiger partial charge is 0.301 e. The molecule has 2 aromatic heterocycles. The Hall–Kier alpha value is -1.38. The first-order valence-corrected chi connectivity index (χ1v) is 2.97. The lowest BCUT2D eigenvalue weighted by Gasteiger charge is -1.90. The molecule has 10 heavy (non-hydrogen) atoms. The van der Waals surface area contributed by atoms with Crippen LogP contribution in [-0.4, -0.2) is 14.4 Å². The highest BCUT2D eigenvalue weighted by Gasteiger charge is 1.94. The Morgan fingerprint density at radius 1 is 1.40 bits per heavy atom. The first-order valence-electron chi connectivity index (χ1n) is 2.97. The molecule has 0 saturated carbocycles. The van der Waals surface area contributed by atoms with E-state index in [1.807, 2.05) is 10.6 Å². The Kier molecular flexibility index (Phi) is 0.974. The zero-order valence-corrected chi connectivity index (χ0v) is 5.36. The van der Waals surface area contributed by atoms with Gasteiger partial charge in [-0.2, -0.15) is 0 Å². The van der Waals surface area contributed by atoms with Crippen LogP contribution in [0.2, 0.25) is 0 Å². The van der Waals surface area contributed by atoms with Gasteiger partial charge in [-0.3, -0.25) is 4.98 Å². The summed E-state index contributed by atoms with van der Waals surface area (Å²) in [5, 5.41) is 0. The first kappa shape index (κ1) is 5.41. The minimum absolute atomic E-state index is 0.840. The Morgan fingerprint density at radius 3 is 3.10 bits per heavy atom. The Labute approximate surface area is 58.4 Å². The van der Waals surface area contributed by atoms with Crippen LogP contribution >= 0.6 is 0 Å². The van der Waals surface area contributed by atoms with Crippen LogP contribution in [0.3, 0.4) is 0 Å². The summed E-state index contributed by atoms with van der Waals surface area (Å²) in [4.78, 5) is 7.97. The zero-order chi connectivity index (χ0) is 6.97. The number of rotatable bonds is 0. The summed E-state index contributed by atoms with van der Waals surface area (Å²) in [6.07, 6.45) is 6.97. The number of aromatic nitrogens is 3. The normalized spacial score (nSPS) is 10.5. The van der Waals surface area contributed by atoms with Gasteiger partial charge in [0, 0.05) is 24.3 Å². The molecule has 0 aromatic carbocycles. The second-order valence-corrected chi connectivity index (χ2v) is 2.05. The molecule has 0 atom stereocenters. The van der Waals surface area contributed by atoms with E-state index in [0.717, 1.165) is 11.3 Å². The zero-order valence-electron chi connectivity index (χ0n) is 5.36. The average Bonchev–Trinajstić information content (AvgIpc) is 2.34. The van der Waals surface area contributed by atoms with Crippen molar-refractivity contribution in [3.63, 3.8) is 0 Å². The van der Waals surface area contributed by atoms with Crippen molar-refractivity contribution in [2.75, 3.05) is 0 Å². The smallest absolute Gasteiger partial charge is 0.155 e. The van der Waals surface area contributed by atoms with Crippen LogP contribution in [0.1, 0.15) is 5.69 Å². The van der Waals surface area contributed by atoms with E-state index in [1.54, 1.807) is 18.6 Å². The monoisotopic (exact) mass is 132 g/mol. The lowest BCUT2D eigenvalue weighted by Crippen LogP contribution is -1.85. The van der Waals surface area contributed by atoms with Crippen LogP contribution in [0.4, 0.5) is 0 Å². The highest BCUT2D eigenvalue weighted by molar-refractivity contribution is 5.37. The van der Waals surface area contributed by atoms with Gasteiger partial charge in [0.25, 0.3) is 0 Å². The van der Waals surface area contributed by atoms with Crippen molar-refractivity contribution < 1.29 is 0 Å². The Balaban J connectivity index is 2.93.